The van der Waals surface area contributed by atoms with Gasteiger partial charge in [0.2, 0.25) is 10.0 Å². The number of amides is 1. The van der Waals surface area contributed by atoms with E-state index in [2.05, 4.69) is 0 Å². The molecule has 0 N–H and O–H groups in total. The lowest BCUT2D eigenvalue weighted by Crippen LogP contribution is -2.51. The molecule has 0 spiro atoms. The molecule has 1 saturated heterocycles. The normalized spacial score (nSPS) is 15.2. The van der Waals surface area contributed by atoms with Gasteiger partial charge in [0.1, 0.15) is 5.75 Å². The summed E-state index contributed by atoms with van der Waals surface area (Å²) in [4.78, 5) is 26.3. The molecule has 0 unspecified atom stereocenters. The topological polar surface area (TPSA) is 88.9 Å². The van der Waals surface area contributed by atoms with Crippen molar-refractivity contribution in [3.05, 3.63) is 58.2 Å². The third kappa shape index (κ3) is 4.57. The van der Waals surface area contributed by atoms with Gasteiger partial charge in [-0.3, -0.25) is 14.2 Å². The molecule has 1 aromatic heterocycles. The molecule has 0 atom stereocenters. The molecule has 32 heavy (non-hydrogen) atoms. The highest BCUT2D eigenvalue weighted by atomic mass is 32.2. The van der Waals surface area contributed by atoms with Crippen LogP contribution in [-0.4, -0.2) is 60.9 Å². The minimum Gasteiger partial charge on any atom is -0.484 e. The second-order valence-electron chi connectivity index (χ2n) is 7.54. The third-order valence-electron chi connectivity index (χ3n) is 5.42. The highest BCUT2D eigenvalue weighted by molar-refractivity contribution is 7.89. The number of para-hydroxylation sites is 1. The van der Waals surface area contributed by atoms with Crippen LogP contribution in [0.15, 0.2) is 58.2 Å². The van der Waals surface area contributed by atoms with Crippen molar-refractivity contribution in [3.8, 4) is 5.75 Å². The van der Waals surface area contributed by atoms with Crippen LogP contribution < -0.4 is 9.61 Å². The molecule has 2 aromatic carbocycles. The molecule has 0 saturated carbocycles. The van der Waals surface area contributed by atoms with Gasteiger partial charge < -0.3 is 9.64 Å². The van der Waals surface area contributed by atoms with Gasteiger partial charge >= 0.3 is 4.87 Å². The van der Waals surface area contributed by atoms with Crippen LogP contribution in [0, 0.1) is 0 Å². The number of piperazine rings is 1. The van der Waals surface area contributed by atoms with Crippen molar-refractivity contribution in [1.82, 2.24) is 13.8 Å². The molecule has 10 heteroatoms. The molecule has 2 heterocycles. The predicted molar refractivity (Wildman–Crippen MR) is 124 cm³/mol. The maximum Gasteiger partial charge on any atom is 0.308 e. The van der Waals surface area contributed by atoms with Crippen LogP contribution in [0.4, 0.5) is 0 Å². The molecule has 8 nitrogen and oxygen atoms in total. The number of aromatic nitrogens is 1. The van der Waals surface area contributed by atoms with E-state index in [4.69, 9.17) is 4.74 Å². The van der Waals surface area contributed by atoms with E-state index >= 15 is 0 Å². The summed E-state index contributed by atoms with van der Waals surface area (Å²) >= 11 is 1.06. The van der Waals surface area contributed by atoms with Crippen molar-refractivity contribution in [3.63, 3.8) is 0 Å². The van der Waals surface area contributed by atoms with Crippen molar-refractivity contribution in [2.45, 2.75) is 24.8 Å². The summed E-state index contributed by atoms with van der Waals surface area (Å²) in [5.74, 6) is 0.446. The molecule has 1 fully saturated rings. The van der Waals surface area contributed by atoms with Gasteiger partial charge in [-0.2, -0.15) is 4.31 Å². The predicted octanol–water partition coefficient (Wildman–Crippen LogP) is 2.38. The lowest BCUT2D eigenvalue weighted by molar-refractivity contribution is -0.134. The summed E-state index contributed by atoms with van der Waals surface area (Å²) in [6.45, 7) is 3.55. The molecule has 0 aliphatic carbocycles. The van der Waals surface area contributed by atoms with Crippen LogP contribution in [0.3, 0.4) is 0 Å². The van der Waals surface area contributed by atoms with E-state index in [0.29, 0.717) is 30.1 Å². The molecule has 1 aliphatic heterocycles. The van der Waals surface area contributed by atoms with Crippen LogP contribution in [-0.2, 0) is 21.4 Å². The zero-order chi connectivity index (χ0) is 22.7. The van der Waals surface area contributed by atoms with E-state index in [9.17, 15) is 18.0 Å². The fourth-order valence-electron chi connectivity index (χ4n) is 3.72. The molecule has 4 rings (SSSR count). The fourth-order valence-corrected chi connectivity index (χ4v) is 6.20. The highest BCUT2D eigenvalue weighted by Gasteiger charge is 2.30. The summed E-state index contributed by atoms with van der Waals surface area (Å²) in [7, 11) is -3.71. The zero-order valence-corrected chi connectivity index (χ0v) is 19.4. The number of thiazole rings is 1. The molecule has 0 radical (unpaired) electrons. The first-order valence-electron chi connectivity index (χ1n) is 10.5. The number of sulfonamides is 1. The van der Waals surface area contributed by atoms with Crippen molar-refractivity contribution in [2.24, 2.45) is 0 Å². The molecule has 0 bridgehead atoms. The van der Waals surface area contributed by atoms with Gasteiger partial charge in [0.15, 0.2) is 6.61 Å². The molecule has 1 amide bonds. The van der Waals surface area contributed by atoms with Crippen LogP contribution in [0.5, 0.6) is 5.75 Å². The summed E-state index contributed by atoms with van der Waals surface area (Å²) in [6, 6.07) is 13.9. The van der Waals surface area contributed by atoms with Gasteiger partial charge in [0, 0.05) is 32.7 Å². The Morgan fingerprint density at radius 3 is 2.47 bits per heavy atom. The lowest BCUT2D eigenvalue weighted by atomic mass is 10.3. The number of carbonyl (C=O) groups excluding carboxylic acids is 1. The number of rotatable bonds is 7. The van der Waals surface area contributed by atoms with Crippen molar-refractivity contribution in [2.75, 3.05) is 32.8 Å². The molecule has 170 valence electrons. The van der Waals surface area contributed by atoms with Crippen molar-refractivity contribution < 1.29 is 17.9 Å². The first kappa shape index (κ1) is 22.5. The van der Waals surface area contributed by atoms with Gasteiger partial charge in [0.25, 0.3) is 5.91 Å². The van der Waals surface area contributed by atoms with E-state index in [1.807, 2.05) is 25.1 Å². The zero-order valence-electron chi connectivity index (χ0n) is 17.8. The summed E-state index contributed by atoms with van der Waals surface area (Å²) < 4.78 is 35.5. The first-order valence-corrected chi connectivity index (χ1v) is 12.7. The number of fused-ring (bicyclic) bond motifs is 1. The van der Waals surface area contributed by atoms with Crippen molar-refractivity contribution in [1.29, 1.82) is 0 Å². The summed E-state index contributed by atoms with van der Waals surface area (Å²) in [5.41, 5.74) is 0.759. The summed E-state index contributed by atoms with van der Waals surface area (Å²) in [6.07, 6.45) is 0.825. The number of nitrogens with zero attached hydrogens (tertiary/aromatic N) is 3. The average Bonchev–Trinajstić information content (AvgIpc) is 3.13. The SMILES string of the molecule is CCCn1c(=O)sc2cc(S(=O)(=O)N3CCN(C(=O)COc4ccccc4)CC3)ccc21. The Bertz CT molecular complexity index is 1260. The smallest absolute Gasteiger partial charge is 0.308 e. The van der Waals surface area contributed by atoms with Crippen molar-refractivity contribution >= 4 is 37.5 Å². The van der Waals surface area contributed by atoms with E-state index in [1.54, 1.807) is 39.8 Å². The number of hydrogen-bond donors (Lipinski definition) is 0. The second-order valence-corrected chi connectivity index (χ2v) is 10.5. The maximum absolute atomic E-state index is 13.2. The Morgan fingerprint density at radius 1 is 1.06 bits per heavy atom. The minimum absolute atomic E-state index is 0.0822. The van der Waals surface area contributed by atoms with Gasteiger partial charge in [-0.05, 0) is 36.8 Å². The fraction of sp³-hybridized carbons (Fsp3) is 0.364. The molecular weight excluding hydrogens is 450 g/mol. The van der Waals surface area contributed by atoms with Crippen LogP contribution in [0.1, 0.15) is 13.3 Å². The third-order valence-corrected chi connectivity index (χ3v) is 8.26. The van der Waals surface area contributed by atoms with Gasteiger partial charge in [0.05, 0.1) is 15.1 Å². The molecule has 1 aliphatic rings. The largest absolute Gasteiger partial charge is 0.484 e. The second kappa shape index (κ2) is 9.43. The summed E-state index contributed by atoms with van der Waals surface area (Å²) in [5, 5.41) is 0. The number of benzene rings is 2. The number of hydrogen-bond acceptors (Lipinski definition) is 6. The Balaban J connectivity index is 1.41. The maximum atomic E-state index is 13.2. The van der Waals surface area contributed by atoms with E-state index < -0.39 is 10.0 Å². The number of aryl methyl sites for hydroxylation is 1. The van der Waals surface area contributed by atoms with Crippen LogP contribution in [0.25, 0.3) is 10.2 Å². The van der Waals surface area contributed by atoms with E-state index in [-0.39, 0.29) is 35.4 Å². The quantitative estimate of drug-likeness (QED) is 0.524. The van der Waals surface area contributed by atoms with E-state index in [0.717, 1.165) is 23.3 Å². The van der Waals surface area contributed by atoms with Gasteiger partial charge in [-0.25, -0.2) is 8.42 Å². The van der Waals surface area contributed by atoms with Gasteiger partial charge in [-0.15, -0.1) is 0 Å². The Labute approximate surface area is 190 Å². The Morgan fingerprint density at radius 2 is 1.78 bits per heavy atom. The minimum atomic E-state index is -3.71. The molecule has 3 aromatic rings. The van der Waals surface area contributed by atoms with Crippen LogP contribution >= 0.6 is 11.3 Å². The average molecular weight is 476 g/mol. The lowest BCUT2D eigenvalue weighted by Gasteiger charge is -2.34. The van der Waals surface area contributed by atoms with Gasteiger partial charge in [-0.1, -0.05) is 36.5 Å². The monoisotopic (exact) mass is 475 g/mol. The van der Waals surface area contributed by atoms with Crippen LogP contribution in [0.2, 0.25) is 0 Å². The standard InChI is InChI=1S/C22H25N3O5S2/c1-2-10-25-19-9-8-18(15-20(19)31-22(25)27)32(28,29)24-13-11-23(12-14-24)21(26)16-30-17-6-4-3-5-7-17/h3-9,15H,2,10-14,16H2,1H3. The van der Waals surface area contributed by atoms with E-state index in [1.165, 1.54) is 4.31 Å². The molecular formula is C22H25N3O5S2. The highest BCUT2D eigenvalue weighted by Crippen LogP contribution is 2.25. The number of carbonyl (C=O) groups is 1. The Kier molecular flexibility index (Phi) is 6.63. The number of ether oxygens (including phenoxy) is 1. The first-order chi connectivity index (χ1) is 15.4. The Hall–Kier alpha value is -2.69.